The van der Waals surface area contributed by atoms with Crippen LogP contribution in [0.15, 0.2) is 12.1 Å². The molecule has 1 aliphatic rings. The van der Waals surface area contributed by atoms with Crippen LogP contribution < -0.4 is 4.74 Å². The second kappa shape index (κ2) is 5.87. The van der Waals surface area contributed by atoms with Gasteiger partial charge in [-0.05, 0) is 55.9 Å². The van der Waals surface area contributed by atoms with Gasteiger partial charge in [0, 0.05) is 5.56 Å². The second-order valence-corrected chi connectivity index (χ2v) is 4.53. The van der Waals surface area contributed by atoms with Gasteiger partial charge in [0.2, 0.25) is 0 Å². The number of Topliss-reactive ketones (excluding diaryl/α,β-unsaturated/α-hetero) is 1. The fourth-order valence-electron chi connectivity index (χ4n) is 2.55. The van der Waals surface area contributed by atoms with Crippen molar-refractivity contribution in [1.29, 1.82) is 0 Å². The summed E-state index contributed by atoms with van der Waals surface area (Å²) in [5.41, 5.74) is 2.47. The molecule has 102 valence electrons. The van der Waals surface area contributed by atoms with Crippen molar-refractivity contribution in [2.24, 2.45) is 0 Å². The van der Waals surface area contributed by atoms with Crippen LogP contribution >= 0.6 is 0 Å². The molecule has 0 unspecified atom stereocenters. The average Bonchev–Trinajstić information content (AvgIpc) is 2.45. The number of ketones is 1. The van der Waals surface area contributed by atoms with Crippen molar-refractivity contribution in [1.82, 2.24) is 0 Å². The van der Waals surface area contributed by atoms with Crippen molar-refractivity contribution in [2.45, 2.75) is 32.6 Å². The Morgan fingerprint density at radius 3 is 2.47 bits per heavy atom. The summed E-state index contributed by atoms with van der Waals surface area (Å²) in [7, 11) is 1.62. The molecule has 2 rings (SSSR count). The van der Waals surface area contributed by atoms with E-state index in [2.05, 4.69) is 0 Å². The van der Waals surface area contributed by atoms with E-state index in [4.69, 9.17) is 9.47 Å². The third-order valence-electron chi connectivity index (χ3n) is 3.42. The molecule has 0 fully saturated rings. The van der Waals surface area contributed by atoms with Gasteiger partial charge in [0.25, 0.3) is 5.78 Å². The minimum Gasteiger partial charge on any atom is -0.496 e. The number of carbonyl (C=O) groups excluding carboxylic acids is 2. The zero-order chi connectivity index (χ0) is 13.8. The molecule has 0 saturated carbocycles. The lowest BCUT2D eigenvalue weighted by atomic mass is 9.86. The van der Waals surface area contributed by atoms with E-state index in [1.54, 1.807) is 26.2 Å². The van der Waals surface area contributed by atoms with Crippen LogP contribution in [0.1, 0.15) is 41.3 Å². The van der Waals surface area contributed by atoms with Crippen LogP contribution in [0.3, 0.4) is 0 Å². The SMILES string of the molecule is CCOC(=O)C(=O)c1ccc(OC)c2c1CCCC2. The van der Waals surface area contributed by atoms with Crippen molar-refractivity contribution in [3.05, 3.63) is 28.8 Å². The van der Waals surface area contributed by atoms with E-state index in [1.165, 1.54) is 0 Å². The first-order valence-electron chi connectivity index (χ1n) is 6.59. The summed E-state index contributed by atoms with van der Waals surface area (Å²) in [4.78, 5) is 23.7. The van der Waals surface area contributed by atoms with Crippen LogP contribution in [-0.2, 0) is 22.4 Å². The highest BCUT2D eigenvalue weighted by Crippen LogP contribution is 2.32. The highest BCUT2D eigenvalue weighted by molar-refractivity contribution is 6.41. The Bertz CT molecular complexity index is 505. The van der Waals surface area contributed by atoms with E-state index in [1.807, 2.05) is 0 Å². The third kappa shape index (κ3) is 2.62. The number of benzene rings is 1. The molecule has 1 aromatic carbocycles. The first-order chi connectivity index (χ1) is 9.19. The van der Waals surface area contributed by atoms with Gasteiger partial charge in [-0.15, -0.1) is 0 Å². The Morgan fingerprint density at radius 1 is 1.16 bits per heavy atom. The molecule has 1 aromatic rings. The van der Waals surface area contributed by atoms with Crippen LogP contribution in [0.2, 0.25) is 0 Å². The van der Waals surface area contributed by atoms with E-state index in [0.29, 0.717) is 5.56 Å². The van der Waals surface area contributed by atoms with Gasteiger partial charge in [0.05, 0.1) is 13.7 Å². The highest BCUT2D eigenvalue weighted by Gasteiger charge is 2.25. The number of rotatable bonds is 4. The highest BCUT2D eigenvalue weighted by atomic mass is 16.5. The maximum Gasteiger partial charge on any atom is 0.379 e. The summed E-state index contributed by atoms with van der Waals surface area (Å²) in [6, 6.07) is 3.43. The van der Waals surface area contributed by atoms with Crippen molar-refractivity contribution in [3.8, 4) is 5.75 Å². The maximum absolute atomic E-state index is 12.1. The Morgan fingerprint density at radius 2 is 1.84 bits per heavy atom. The molecule has 0 N–H and O–H groups in total. The fraction of sp³-hybridized carbons (Fsp3) is 0.467. The van der Waals surface area contributed by atoms with Gasteiger partial charge in [-0.2, -0.15) is 0 Å². The summed E-state index contributed by atoms with van der Waals surface area (Å²) in [6.07, 6.45) is 3.82. The van der Waals surface area contributed by atoms with E-state index in [9.17, 15) is 9.59 Å². The number of fused-ring (bicyclic) bond motifs is 1. The molecular weight excluding hydrogens is 244 g/mol. The predicted octanol–water partition coefficient (Wildman–Crippen LogP) is 2.32. The van der Waals surface area contributed by atoms with E-state index in [-0.39, 0.29) is 6.61 Å². The van der Waals surface area contributed by atoms with Gasteiger partial charge in [0.1, 0.15) is 5.75 Å². The van der Waals surface area contributed by atoms with Gasteiger partial charge in [-0.25, -0.2) is 4.79 Å². The van der Waals surface area contributed by atoms with Gasteiger partial charge < -0.3 is 9.47 Å². The van der Waals surface area contributed by atoms with Gasteiger partial charge in [-0.1, -0.05) is 0 Å². The molecule has 1 aliphatic carbocycles. The second-order valence-electron chi connectivity index (χ2n) is 4.53. The first kappa shape index (κ1) is 13.6. The number of carbonyl (C=O) groups is 2. The molecule has 0 atom stereocenters. The third-order valence-corrected chi connectivity index (χ3v) is 3.42. The van der Waals surface area contributed by atoms with Gasteiger partial charge in [-0.3, -0.25) is 4.79 Å². The number of hydrogen-bond donors (Lipinski definition) is 0. The van der Waals surface area contributed by atoms with Crippen LogP contribution in [0, 0.1) is 0 Å². The Kier molecular flexibility index (Phi) is 4.20. The van der Waals surface area contributed by atoms with Crippen molar-refractivity contribution < 1.29 is 19.1 Å². The van der Waals surface area contributed by atoms with Crippen molar-refractivity contribution in [3.63, 3.8) is 0 Å². The standard InChI is InChI=1S/C15H18O4/c1-3-19-15(17)14(16)12-8-9-13(18-2)11-7-5-4-6-10(11)12/h8-9H,3-7H2,1-2H3. The molecule has 4 nitrogen and oxygen atoms in total. The minimum atomic E-state index is -0.777. The smallest absolute Gasteiger partial charge is 0.379 e. The normalized spacial score (nSPS) is 13.6. The lowest BCUT2D eigenvalue weighted by Gasteiger charge is -2.21. The zero-order valence-electron chi connectivity index (χ0n) is 11.3. The van der Waals surface area contributed by atoms with Crippen LogP contribution in [0.25, 0.3) is 0 Å². The van der Waals surface area contributed by atoms with E-state index < -0.39 is 11.8 Å². The predicted molar refractivity (Wildman–Crippen MR) is 70.6 cm³/mol. The van der Waals surface area contributed by atoms with Crippen molar-refractivity contribution in [2.75, 3.05) is 13.7 Å². The van der Waals surface area contributed by atoms with Crippen molar-refractivity contribution >= 4 is 11.8 Å². The molecule has 0 bridgehead atoms. The molecule has 0 amide bonds. The van der Waals surface area contributed by atoms with E-state index >= 15 is 0 Å². The molecule has 0 spiro atoms. The first-order valence-corrected chi connectivity index (χ1v) is 6.59. The van der Waals surface area contributed by atoms with Crippen LogP contribution in [0.4, 0.5) is 0 Å². The fourth-order valence-corrected chi connectivity index (χ4v) is 2.55. The van der Waals surface area contributed by atoms with Crippen LogP contribution in [-0.4, -0.2) is 25.5 Å². The molecule has 0 saturated heterocycles. The monoisotopic (exact) mass is 262 g/mol. The molecule has 0 radical (unpaired) electrons. The number of hydrogen-bond acceptors (Lipinski definition) is 4. The quantitative estimate of drug-likeness (QED) is 0.474. The average molecular weight is 262 g/mol. The van der Waals surface area contributed by atoms with E-state index in [0.717, 1.165) is 42.6 Å². The molecule has 0 aromatic heterocycles. The van der Waals surface area contributed by atoms with Gasteiger partial charge in [0.15, 0.2) is 0 Å². The summed E-state index contributed by atoms with van der Waals surface area (Å²) in [6.45, 7) is 1.90. The minimum absolute atomic E-state index is 0.211. The van der Waals surface area contributed by atoms with Gasteiger partial charge >= 0.3 is 5.97 Å². The lowest BCUT2D eigenvalue weighted by Crippen LogP contribution is -2.21. The summed E-state index contributed by atoms with van der Waals surface area (Å²) >= 11 is 0. The van der Waals surface area contributed by atoms with Crippen LogP contribution in [0.5, 0.6) is 5.75 Å². The molecule has 4 heteroatoms. The Balaban J connectivity index is 2.41. The molecule has 19 heavy (non-hydrogen) atoms. The largest absolute Gasteiger partial charge is 0.496 e. The lowest BCUT2D eigenvalue weighted by molar-refractivity contribution is -0.137. The summed E-state index contributed by atoms with van der Waals surface area (Å²) in [5.74, 6) is -0.529. The number of methoxy groups -OCH3 is 1. The Labute approximate surface area is 112 Å². The number of esters is 1. The zero-order valence-corrected chi connectivity index (χ0v) is 11.3. The number of ether oxygens (including phenoxy) is 2. The summed E-state index contributed by atoms with van der Waals surface area (Å²) in [5, 5.41) is 0. The Hall–Kier alpha value is -1.84. The topological polar surface area (TPSA) is 52.6 Å². The molecule has 0 aliphatic heterocycles. The summed E-state index contributed by atoms with van der Waals surface area (Å²) < 4.78 is 10.1. The molecular formula is C15H18O4. The molecule has 0 heterocycles. The maximum atomic E-state index is 12.1.